The third-order valence-electron chi connectivity index (χ3n) is 1.71. The van der Waals surface area contributed by atoms with E-state index in [4.69, 9.17) is 0 Å². The summed E-state index contributed by atoms with van der Waals surface area (Å²) in [5.74, 6) is 0.113. The predicted octanol–water partition coefficient (Wildman–Crippen LogP) is 3.39. The van der Waals surface area contributed by atoms with E-state index in [9.17, 15) is 13.2 Å². The van der Waals surface area contributed by atoms with Gasteiger partial charge in [0.05, 0.1) is 0 Å². The Bertz CT molecular complexity index is 250. The maximum absolute atomic E-state index is 11.8. The highest BCUT2D eigenvalue weighted by Gasteiger charge is 2.32. The molecule has 4 heteroatoms. The van der Waals surface area contributed by atoms with Crippen molar-refractivity contribution < 1.29 is 17.9 Å². The van der Waals surface area contributed by atoms with Gasteiger partial charge < -0.3 is 4.74 Å². The van der Waals surface area contributed by atoms with Gasteiger partial charge in [0, 0.05) is 6.42 Å². The second kappa shape index (κ2) is 3.44. The number of ether oxygens (including phenoxy) is 1. The average Bonchev–Trinajstić information content (AvgIpc) is 1.78. The maximum atomic E-state index is 11.8. The zero-order valence-corrected chi connectivity index (χ0v) is 7.48. The van der Waals surface area contributed by atoms with Gasteiger partial charge in [0.25, 0.3) is 0 Å². The molecule has 1 nitrogen and oxygen atoms in total. The fraction of sp³-hybridized carbons (Fsp3) is 0.556. The summed E-state index contributed by atoms with van der Waals surface area (Å²) in [6.45, 7) is 3.62. The van der Waals surface area contributed by atoms with Crippen molar-refractivity contribution in [3.05, 3.63) is 23.5 Å². The van der Waals surface area contributed by atoms with Crippen molar-refractivity contribution in [2.45, 2.75) is 26.6 Å². The minimum absolute atomic E-state index is 0.000000000000000444. The molecule has 1 aliphatic carbocycles. The van der Waals surface area contributed by atoms with E-state index >= 15 is 0 Å². The Hall–Kier alpha value is -0.930. The highest BCUT2D eigenvalue weighted by molar-refractivity contribution is 5.24. The normalized spacial score (nSPS) is 23.6. The van der Waals surface area contributed by atoms with Gasteiger partial charge in [-0.05, 0) is 18.9 Å². The van der Waals surface area contributed by atoms with Crippen LogP contribution in [0.1, 0.15) is 20.3 Å². The molecule has 0 aliphatic heterocycles. The van der Waals surface area contributed by atoms with Crippen molar-refractivity contribution in [1.82, 2.24) is 0 Å². The fourth-order valence-corrected chi connectivity index (χ4v) is 1.41. The minimum Gasteiger partial charge on any atom is -0.410 e. The minimum atomic E-state index is -4.57. The summed E-state index contributed by atoms with van der Waals surface area (Å²) in [6, 6.07) is 0. The summed E-state index contributed by atoms with van der Waals surface area (Å²) in [7, 11) is 0. The second-order valence-electron chi connectivity index (χ2n) is 3.25. The van der Waals surface area contributed by atoms with Crippen molar-refractivity contribution in [1.29, 1.82) is 0 Å². The molecule has 0 heterocycles. The number of halogens is 3. The van der Waals surface area contributed by atoms with E-state index in [1.54, 1.807) is 6.92 Å². The van der Waals surface area contributed by atoms with Crippen molar-refractivity contribution in [3.8, 4) is 0 Å². The van der Waals surface area contributed by atoms with Crippen LogP contribution < -0.4 is 0 Å². The Balaban J connectivity index is 2.67. The van der Waals surface area contributed by atoms with Crippen molar-refractivity contribution in [2.24, 2.45) is 5.92 Å². The molecule has 13 heavy (non-hydrogen) atoms. The fourth-order valence-electron chi connectivity index (χ4n) is 1.41. The quantitative estimate of drug-likeness (QED) is 0.618. The van der Waals surface area contributed by atoms with Crippen LogP contribution in [0.4, 0.5) is 13.2 Å². The monoisotopic (exact) mass is 192 g/mol. The van der Waals surface area contributed by atoms with E-state index in [0.717, 1.165) is 5.57 Å². The lowest BCUT2D eigenvalue weighted by atomic mass is 9.97. The van der Waals surface area contributed by atoms with Gasteiger partial charge in [-0.1, -0.05) is 18.6 Å². The molecule has 1 aliphatic rings. The first kappa shape index (κ1) is 10.2. The molecule has 0 N–H and O–H groups in total. The number of alkyl halides is 3. The van der Waals surface area contributed by atoms with E-state index in [2.05, 4.69) is 4.74 Å². The van der Waals surface area contributed by atoms with Crippen LogP contribution in [-0.4, -0.2) is 6.36 Å². The van der Waals surface area contributed by atoms with Crippen LogP contribution in [0, 0.1) is 5.92 Å². The van der Waals surface area contributed by atoms with E-state index in [1.807, 2.05) is 13.0 Å². The van der Waals surface area contributed by atoms with Gasteiger partial charge in [0.15, 0.2) is 0 Å². The third kappa shape index (κ3) is 3.53. The van der Waals surface area contributed by atoms with Gasteiger partial charge >= 0.3 is 6.36 Å². The first-order valence-electron chi connectivity index (χ1n) is 4.01. The van der Waals surface area contributed by atoms with Gasteiger partial charge in [0.2, 0.25) is 0 Å². The summed E-state index contributed by atoms with van der Waals surface area (Å²) >= 11 is 0. The first-order chi connectivity index (χ1) is 5.87. The molecule has 0 spiro atoms. The number of hydrogen-bond acceptors (Lipinski definition) is 1. The molecule has 0 amide bonds. The van der Waals surface area contributed by atoms with Gasteiger partial charge in [-0.15, -0.1) is 13.2 Å². The molecular formula is C9H11F3O. The highest BCUT2D eigenvalue weighted by atomic mass is 19.4. The lowest BCUT2D eigenvalue weighted by Crippen LogP contribution is -2.15. The summed E-state index contributed by atoms with van der Waals surface area (Å²) in [5, 5.41) is 0. The summed E-state index contributed by atoms with van der Waals surface area (Å²) < 4.78 is 39.3. The molecular weight excluding hydrogens is 181 g/mol. The van der Waals surface area contributed by atoms with Gasteiger partial charge in [0.1, 0.15) is 5.76 Å². The SMILES string of the molecule is CC1=CC(C)CC(OC(F)(F)F)=C1. The van der Waals surface area contributed by atoms with E-state index in [0.29, 0.717) is 6.42 Å². The molecule has 0 radical (unpaired) electrons. The van der Waals surface area contributed by atoms with Crippen LogP contribution in [0.25, 0.3) is 0 Å². The molecule has 0 aromatic carbocycles. The van der Waals surface area contributed by atoms with E-state index in [-0.39, 0.29) is 11.7 Å². The Morgan fingerprint density at radius 2 is 2.08 bits per heavy atom. The molecule has 0 fully saturated rings. The highest BCUT2D eigenvalue weighted by Crippen LogP contribution is 2.29. The summed E-state index contributed by atoms with van der Waals surface area (Å²) in [4.78, 5) is 0. The van der Waals surface area contributed by atoms with Crippen LogP contribution in [0.15, 0.2) is 23.5 Å². The largest absolute Gasteiger partial charge is 0.572 e. The zero-order chi connectivity index (χ0) is 10.1. The lowest BCUT2D eigenvalue weighted by molar-refractivity contribution is -0.306. The van der Waals surface area contributed by atoms with Crippen LogP contribution in [0.5, 0.6) is 0 Å². The Labute approximate surface area is 74.9 Å². The third-order valence-corrected chi connectivity index (χ3v) is 1.71. The molecule has 0 aromatic rings. The number of rotatable bonds is 1. The van der Waals surface area contributed by atoms with Crippen LogP contribution >= 0.6 is 0 Å². The zero-order valence-electron chi connectivity index (χ0n) is 7.48. The summed E-state index contributed by atoms with van der Waals surface area (Å²) in [6.07, 6.45) is -0.906. The van der Waals surface area contributed by atoms with Crippen molar-refractivity contribution in [3.63, 3.8) is 0 Å². The lowest BCUT2D eigenvalue weighted by Gasteiger charge is -2.18. The standard InChI is InChI=1S/C9H11F3O/c1-6-3-7(2)5-8(4-6)13-9(10,11)12/h3-4,7H,5H2,1-2H3. The van der Waals surface area contributed by atoms with Crippen LogP contribution in [0.3, 0.4) is 0 Å². The smallest absolute Gasteiger partial charge is 0.410 e. The van der Waals surface area contributed by atoms with Crippen LogP contribution in [-0.2, 0) is 4.74 Å². The Kier molecular flexibility index (Phi) is 2.68. The molecule has 0 saturated carbocycles. The molecule has 1 atom stereocenters. The molecule has 0 saturated heterocycles. The topological polar surface area (TPSA) is 9.23 Å². The van der Waals surface area contributed by atoms with E-state index in [1.165, 1.54) is 6.08 Å². The summed E-state index contributed by atoms with van der Waals surface area (Å²) in [5.41, 5.74) is 0.818. The van der Waals surface area contributed by atoms with Crippen LogP contribution in [0.2, 0.25) is 0 Å². The average molecular weight is 192 g/mol. The Morgan fingerprint density at radius 3 is 2.54 bits per heavy atom. The van der Waals surface area contributed by atoms with Gasteiger partial charge in [-0.25, -0.2) is 0 Å². The number of hydrogen-bond donors (Lipinski definition) is 0. The van der Waals surface area contributed by atoms with E-state index < -0.39 is 6.36 Å². The molecule has 74 valence electrons. The molecule has 1 rings (SSSR count). The van der Waals surface area contributed by atoms with Gasteiger partial charge in [-0.2, -0.15) is 0 Å². The van der Waals surface area contributed by atoms with Crippen molar-refractivity contribution in [2.75, 3.05) is 0 Å². The van der Waals surface area contributed by atoms with Crippen molar-refractivity contribution >= 4 is 0 Å². The molecule has 0 aromatic heterocycles. The maximum Gasteiger partial charge on any atom is 0.572 e. The first-order valence-corrected chi connectivity index (χ1v) is 4.01. The second-order valence-corrected chi connectivity index (χ2v) is 3.25. The number of allylic oxidation sites excluding steroid dienone is 4. The molecule has 1 unspecified atom stereocenters. The molecule has 0 bridgehead atoms. The predicted molar refractivity (Wildman–Crippen MR) is 42.8 cm³/mol. The van der Waals surface area contributed by atoms with Gasteiger partial charge in [-0.3, -0.25) is 0 Å². The Morgan fingerprint density at radius 1 is 1.46 bits per heavy atom.